The smallest absolute Gasteiger partial charge is 0.219 e. The summed E-state index contributed by atoms with van der Waals surface area (Å²) >= 11 is 0. The standard InChI is InChI=1S/C23H28N6O/c1-17(30)28-12-8-22-25-26-23(29(22)14-13-28)19-6-10-27(11-7-19)16-18-4-5-21-20(15-18)3-2-9-24-21/h2-5,9,15,19H,6-8,10-14,16H2,1H3. The van der Waals surface area contributed by atoms with Crippen LogP contribution in [0, 0.1) is 0 Å². The van der Waals surface area contributed by atoms with Gasteiger partial charge < -0.3 is 9.47 Å². The predicted molar refractivity (Wildman–Crippen MR) is 115 cm³/mol. The Kier molecular flexibility index (Phi) is 5.21. The van der Waals surface area contributed by atoms with Crippen molar-refractivity contribution in [3.8, 4) is 0 Å². The van der Waals surface area contributed by atoms with Crippen molar-refractivity contribution in [2.24, 2.45) is 0 Å². The molecule has 5 rings (SSSR count). The zero-order chi connectivity index (χ0) is 20.5. The Balaban J connectivity index is 1.22. The molecule has 1 aromatic carbocycles. The van der Waals surface area contributed by atoms with E-state index in [9.17, 15) is 4.79 Å². The molecular formula is C23H28N6O. The third-order valence-corrected chi connectivity index (χ3v) is 6.53. The molecule has 0 saturated carbocycles. The van der Waals surface area contributed by atoms with Gasteiger partial charge in [-0.05, 0) is 49.7 Å². The summed E-state index contributed by atoms with van der Waals surface area (Å²) in [6, 6.07) is 10.7. The highest BCUT2D eigenvalue weighted by atomic mass is 16.2. The molecule has 0 spiro atoms. The van der Waals surface area contributed by atoms with Gasteiger partial charge in [0.15, 0.2) is 0 Å². The SMILES string of the molecule is CC(=O)N1CCc2nnc(C3CCN(Cc4ccc5ncccc5c4)CC3)n2CC1. The molecule has 1 amide bonds. The van der Waals surface area contributed by atoms with Gasteiger partial charge in [0.1, 0.15) is 11.6 Å². The summed E-state index contributed by atoms with van der Waals surface area (Å²) in [6.07, 6.45) is 4.84. The number of amides is 1. The van der Waals surface area contributed by atoms with Crippen LogP contribution < -0.4 is 0 Å². The predicted octanol–water partition coefficient (Wildman–Crippen LogP) is 2.61. The highest BCUT2D eigenvalue weighted by Crippen LogP contribution is 2.29. The Bertz CT molecular complexity index is 1050. The summed E-state index contributed by atoms with van der Waals surface area (Å²) in [6.45, 7) is 7.06. The van der Waals surface area contributed by atoms with Crippen molar-refractivity contribution in [3.05, 3.63) is 53.7 Å². The van der Waals surface area contributed by atoms with Gasteiger partial charge in [0.05, 0.1) is 5.52 Å². The molecule has 0 aliphatic carbocycles. The van der Waals surface area contributed by atoms with E-state index in [1.807, 2.05) is 17.2 Å². The minimum Gasteiger partial charge on any atom is -0.341 e. The van der Waals surface area contributed by atoms with E-state index >= 15 is 0 Å². The Morgan fingerprint density at radius 2 is 1.93 bits per heavy atom. The number of hydrogen-bond acceptors (Lipinski definition) is 5. The molecule has 7 nitrogen and oxygen atoms in total. The van der Waals surface area contributed by atoms with Crippen molar-refractivity contribution in [1.29, 1.82) is 0 Å². The average molecular weight is 405 g/mol. The number of fused-ring (bicyclic) bond motifs is 2. The summed E-state index contributed by atoms with van der Waals surface area (Å²) < 4.78 is 2.28. The first-order chi connectivity index (χ1) is 14.7. The maximum absolute atomic E-state index is 11.7. The van der Waals surface area contributed by atoms with E-state index in [0.29, 0.717) is 5.92 Å². The lowest BCUT2D eigenvalue weighted by atomic mass is 9.95. The van der Waals surface area contributed by atoms with Crippen molar-refractivity contribution in [3.63, 3.8) is 0 Å². The largest absolute Gasteiger partial charge is 0.341 e. The third-order valence-electron chi connectivity index (χ3n) is 6.53. The second kappa shape index (κ2) is 8.14. The molecule has 0 N–H and O–H groups in total. The summed E-state index contributed by atoms with van der Waals surface area (Å²) in [7, 11) is 0. The van der Waals surface area contributed by atoms with E-state index in [0.717, 1.165) is 75.7 Å². The Morgan fingerprint density at radius 1 is 1.07 bits per heavy atom. The topological polar surface area (TPSA) is 67.2 Å². The molecule has 30 heavy (non-hydrogen) atoms. The second-order valence-electron chi connectivity index (χ2n) is 8.46. The highest BCUT2D eigenvalue weighted by molar-refractivity contribution is 5.78. The van der Waals surface area contributed by atoms with E-state index in [-0.39, 0.29) is 5.91 Å². The maximum Gasteiger partial charge on any atom is 0.219 e. The number of aromatic nitrogens is 4. The fourth-order valence-corrected chi connectivity index (χ4v) is 4.79. The summed E-state index contributed by atoms with van der Waals surface area (Å²) in [5, 5.41) is 10.2. The van der Waals surface area contributed by atoms with Gasteiger partial charge in [-0.25, -0.2) is 0 Å². The fourth-order valence-electron chi connectivity index (χ4n) is 4.79. The monoisotopic (exact) mass is 404 g/mol. The van der Waals surface area contributed by atoms with Crippen molar-refractivity contribution < 1.29 is 4.79 Å². The number of benzene rings is 1. The lowest BCUT2D eigenvalue weighted by Crippen LogP contribution is -2.34. The minimum atomic E-state index is 0.146. The minimum absolute atomic E-state index is 0.146. The van der Waals surface area contributed by atoms with E-state index in [2.05, 4.69) is 48.9 Å². The molecule has 7 heteroatoms. The number of carbonyl (C=O) groups is 1. The molecule has 2 aromatic heterocycles. The van der Waals surface area contributed by atoms with Gasteiger partial charge in [-0.15, -0.1) is 10.2 Å². The molecule has 0 radical (unpaired) electrons. The lowest BCUT2D eigenvalue weighted by Gasteiger charge is -2.31. The molecule has 1 saturated heterocycles. The molecule has 2 aliphatic heterocycles. The van der Waals surface area contributed by atoms with Gasteiger partial charge >= 0.3 is 0 Å². The quantitative estimate of drug-likeness (QED) is 0.671. The van der Waals surface area contributed by atoms with Crippen LogP contribution in [-0.2, 0) is 24.3 Å². The van der Waals surface area contributed by atoms with E-state index in [1.54, 1.807) is 6.92 Å². The first-order valence-electron chi connectivity index (χ1n) is 10.9. The van der Waals surface area contributed by atoms with Crippen molar-refractivity contribution in [1.82, 2.24) is 29.5 Å². The number of likely N-dealkylation sites (tertiary alicyclic amines) is 1. The van der Waals surface area contributed by atoms with Crippen LogP contribution in [-0.4, -0.2) is 61.6 Å². The summed E-state index contributed by atoms with van der Waals surface area (Å²) in [4.78, 5) is 20.6. The Hall–Kier alpha value is -2.80. The second-order valence-corrected chi connectivity index (χ2v) is 8.46. The number of pyridine rings is 1. The molecule has 0 atom stereocenters. The van der Waals surface area contributed by atoms with Crippen molar-refractivity contribution in [2.75, 3.05) is 26.2 Å². The van der Waals surface area contributed by atoms with Gasteiger partial charge in [0.25, 0.3) is 0 Å². The van der Waals surface area contributed by atoms with Crippen LogP contribution in [0.1, 0.15) is 42.9 Å². The Morgan fingerprint density at radius 3 is 2.77 bits per heavy atom. The van der Waals surface area contributed by atoms with E-state index in [4.69, 9.17) is 0 Å². The van der Waals surface area contributed by atoms with Crippen LogP contribution in [0.2, 0.25) is 0 Å². The highest BCUT2D eigenvalue weighted by Gasteiger charge is 2.28. The molecule has 4 heterocycles. The summed E-state index contributed by atoms with van der Waals surface area (Å²) in [5.41, 5.74) is 2.39. The van der Waals surface area contributed by atoms with E-state index in [1.165, 1.54) is 10.9 Å². The first kappa shape index (κ1) is 19.2. The first-order valence-corrected chi connectivity index (χ1v) is 10.9. The van der Waals surface area contributed by atoms with Crippen LogP contribution in [0.5, 0.6) is 0 Å². The molecule has 1 fully saturated rings. The molecule has 0 unspecified atom stereocenters. The summed E-state index contributed by atoms with van der Waals surface area (Å²) in [5.74, 6) is 2.74. The average Bonchev–Trinajstić information content (AvgIpc) is 3.04. The number of piperidine rings is 1. The lowest BCUT2D eigenvalue weighted by molar-refractivity contribution is -0.128. The van der Waals surface area contributed by atoms with Crippen LogP contribution in [0.15, 0.2) is 36.5 Å². The Labute approximate surface area is 176 Å². The van der Waals surface area contributed by atoms with Gasteiger partial charge in [-0.2, -0.15) is 0 Å². The van der Waals surface area contributed by atoms with Gasteiger partial charge in [-0.3, -0.25) is 14.7 Å². The third kappa shape index (κ3) is 3.81. The molecule has 0 bridgehead atoms. The van der Waals surface area contributed by atoms with Crippen molar-refractivity contribution >= 4 is 16.8 Å². The zero-order valence-electron chi connectivity index (χ0n) is 17.5. The van der Waals surface area contributed by atoms with Crippen LogP contribution >= 0.6 is 0 Å². The van der Waals surface area contributed by atoms with Gasteiger partial charge in [0, 0.05) is 57.0 Å². The number of nitrogens with zero attached hydrogens (tertiary/aromatic N) is 6. The molecule has 2 aliphatic rings. The number of rotatable bonds is 3. The fraction of sp³-hybridized carbons (Fsp3) is 0.478. The van der Waals surface area contributed by atoms with Gasteiger partial charge in [-0.1, -0.05) is 12.1 Å². The molecular weight excluding hydrogens is 376 g/mol. The zero-order valence-corrected chi connectivity index (χ0v) is 17.5. The normalized spacial score (nSPS) is 18.4. The maximum atomic E-state index is 11.7. The van der Waals surface area contributed by atoms with Crippen LogP contribution in [0.3, 0.4) is 0 Å². The van der Waals surface area contributed by atoms with Crippen LogP contribution in [0.25, 0.3) is 10.9 Å². The van der Waals surface area contributed by atoms with Crippen LogP contribution in [0.4, 0.5) is 0 Å². The van der Waals surface area contributed by atoms with Crippen molar-refractivity contribution in [2.45, 2.75) is 45.2 Å². The number of hydrogen-bond donors (Lipinski definition) is 0. The number of carbonyl (C=O) groups excluding carboxylic acids is 1. The van der Waals surface area contributed by atoms with E-state index < -0.39 is 0 Å². The van der Waals surface area contributed by atoms with Gasteiger partial charge in [0.2, 0.25) is 5.91 Å². The molecule has 156 valence electrons. The molecule has 3 aromatic rings.